The Balaban J connectivity index is 1.94. The van der Waals surface area contributed by atoms with Gasteiger partial charge in [0.25, 0.3) is 0 Å². The molecule has 0 unspecified atom stereocenters. The number of nitrogens with zero attached hydrogens (tertiary/aromatic N) is 3. The topological polar surface area (TPSA) is 45.1 Å². The molecule has 0 radical (unpaired) electrons. The van der Waals surface area contributed by atoms with Crippen LogP contribution in [0.1, 0.15) is 83.1 Å². The van der Waals surface area contributed by atoms with Gasteiger partial charge in [-0.2, -0.15) is 0 Å². The van der Waals surface area contributed by atoms with E-state index in [9.17, 15) is 4.79 Å². The Morgan fingerprint density at radius 1 is 0.857 bits per heavy atom. The summed E-state index contributed by atoms with van der Waals surface area (Å²) in [6.45, 7) is 14.9. The number of rotatable bonds is 7. The number of aliphatic imine (C=N–C) groups is 1. The second-order valence-electron chi connectivity index (χ2n) is 12.4. The molecule has 0 N–H and O–H groups in total. The molecule has 0 aliphatic carbocycles. The highest BCUT2D eigenvalue weighted by Gasteiger charge is 2.32. The van der Waals surface area contributed by atoms with Crippen molar-refractivity contribution in [1.29, 1.82) is 0 Å². The van der Waals surface area contributed by atoms with E-state index >= 15 is 0 Å². The van der Waals surface area contributed by atoms with Gasteiger partial charge in [0, 0.05) is 23.1 Å². The van der Waals surface area contributed by atoms with Crippen molar-refractivity contribution >= 4 is 35.1 Å². The maximum atomic E-state index is 14.4. The van der Waals surface area contributed by atoms with E-state index in [0.717, 1.165) is 54.6 Å². The van der Waals surface area contributed by atoms with Crippen LogP contribution in [-0.4, -0.2) is 41.4 Å². The minimum absolute atomic E-state index is 0.0577. The van der Waals surface area contributed by atoms with Crippen LogP contribution in [0.2, 0.25) is 10.0 Å². The first-order valence-electron chi connectivity index (χ1n) is 14.8. The van der Waals surface area contributed by atoms with Crippen LogP contribution >= 0.6 is 23.2 Å². The first kappa shape index (κ1) is 31.9. The number of hydrogen-bond acceptors (Lipinski definition) is 3. The van der Waals surface area contributed by atoms with Crippen molar-refractivity contribution in [2.45, 2.75) is 78.3 Å². The summed E-state index contributed by atoms with van der Waals surface area (Å²) in [5.74, 6) is 1.28. The summed E-state index contributed by atoms with van der Waals surface area (Å²) in [6.07, 6.45) is 3.12. The molecule has 1 aliphatic rings. The molecule has 7 heteroatoms. The van der Waals surface area contributed by atoms with Crippen LogP contribution in [0.3, 0.4) is 0 Å². The van der Waals surface area contributed by atoms with E-state index in [-0.39, 0.29) is 11.4 Å². The molecule has 0 spiro atoms. The molecule has 0 atom stereocenters. The first-order chi connectivity index (χ1) is 19.9. The summed E-state index contributed by atoms with van der Waals surface area (Å²) in [4.78, 5) is 23.6. The van der Waals surface area contributed by atoms with Gasteiger partial charge in [-0.05, 0) is 98.5 Å². The molecule has 0 saturated carbocycles. The van der Waals surface area contributed by atoms with E-state index in [1.165, 1.54) is 0 Å². The number of carbonyl (C=O) groups excluding carboxylic acids is 1. The van der Waals surface area contributed by atoms with E-state index < -0.39 is 5.54 Å². The van der Waals surface area contributed by atoms with Crippen LogP contribution in [0.15, 0.2) is 71.7 Å². The molecule has 1 aliphatic heterocycles. The largest absolute Gasteiger partial charge is 0.493 e. The second kappa shape index (κ2) is 13.5. The lowest BCUT2D eigenvalue weighted by Gasteiger charge is -2.35. The van der Waals surface area contributed by atoms with Crippen LogP contribution in [0.25, 0.3) is 0 Å². The van der Waals surface area contributed by atoms with Gasteiger partial charge in [0.2, 0.25) is 0 Å². The lowest BCUT2D eigenvalue weighted by Crippen LogP contribution is -2.48. The lowest BCUT2D eigenvalue weighted by atomic mass is 9.86. The standard InChI is InChI=1S/C35H43Cl2N3O2/c1-7-42-31-23-27(34(2,3)4)15-20-30(31)32(38-35(5,6)26-13-18-29(37)19-14-26)40(24-25-11-16-28(36)17-12-25)33(41)39-21-9-8-10-22-39/h11-20,23H,7-10,21-22,24H2,1-6H3/b38-32-. The predicted molar refractivity (Wildman–Crippen MR) is 175 cm³/mol. The molecule has 5 nitrogen and oxygen atoms in total. The van der Waals surface area contributed by atoms with Crippen LogP contribution in [0.5, 0.6) is 5.75 Å². The second-order valence-corrected chi connectivity index (χ2v) is 13.3. The fourth-order valence-corrected chi connectivity index (χ4v) is 5.41. The molecule has 224 valence electrons. The molecular weight excluding hydrogens is 565 g/mol. The summed E-state index contributed by atoms with van der Waals surface area (Å²) in [5, 5.41) is 1.32. The van der Waals surface area contributed by atoms with E-state index in [1.807, 2.05) is 65.3 Å². The van der Waals surface area contributed by atoms with E-state index in [2.05, 4.69) is 52.8 Å². The van der Waals surface area contributed by atoms with Gasteiger partial charge >= 0.3 is 6.03 Å². The highest BCUT2D eigenvalue weighted by molar-refractivity contribution is 6.30. The molecular formula is C35H43Cl2N3O2. The zero-order valence-corrected chi connectivity index (χ0v) is 27.2. The van der Waals surface area contributed by atoms with Crippen molar-refractivity contribution < 1.29 is 9.53 Å². The average Bonchev–Trinajstić information content (AvgIpc) is 2.96. The molecule has 3 aromatic carbocycles. The molecule has 1 fully saturated rings. The molecule has 1 heterocycles. The number of ether oxygens (including phenoxy) is 1. The monoisotopic (exact) mass is 607 g/mol. The van der Waals surface area contributed by atoms with Gasteiger partial charge in [-0.15, -0.1) is 0 Å². The SMILES string of the molecule is CCOc1cc(C(C)(C)C)ccc1/C(=N/C(C)(C)c1ccc(Cl)cc1)N(Cc1ccc(Cl)cc1)C(=O)N1CCCCC1. The lowest BCUT2D eigenvalue weighted by molar-refractivity contribution is 0.162. The van der Waals surface area contributed by atoms with Crippen LogP contribution in [-0.2, 0) is 17.5 Å². The minimum Gasteiger partial charge on any atom is -0.493 e. The van der Waals surface area contributed by atoms with Crippen molar-refractivity contribution in [3.8, 4) is 5.75 Å². The van der Waals surface area contributed by atoms with E-state index in [1.54, 1.807) is 0 Å². The fourth-order valence-electron chi connectivity index (χ4n) is 5.16. The summed E-state index contributed by atoms with van der Waals surface area (Å²) in [6, 6.07) is 21.6. The first-order valence-corrected chi connectivity index (χ1v) is 15.6. The van der Waals surface area contributed by atoms with Gasteiger partial charge < -0.3 is 9.64 Å². The number of halogens is 2. The zero-order valence-electron chi connectivity index (χ0n) is 25.7. The maximum absolute atomic E-state index is 14.4. The summed E-state index contributed by atoms with van der Waals surface area (Å²) in [5.41, 5.74) is 3.14. The number of benzene rings is 3. The summed E-state index contributed by atoms with van der Waals surface area (Å²) < 4.78 is 6.26. The average molecular weight is 609 g/mol. The number of piperidine rings is 1. The maximum Gasteiger partial charge on any atom is 0.325 e. The smallest absolute Gasteiger partial charge is 0.325 e. The highest BCUT2D eigenvalue weighted by atomic mass is 35.5. The van der Waals surface area contributed by atoms with Crippen molar-refractivity contribution in [2.24, 2.45) is 4.99 Å². The Morgan fingerprint density at radius 2 is 1.43 bits per heavy atom. The fraction of sp³-hybridized carbons (Fsp3) is 0.429. The number of carbonyl (C=O) groups is 1. The number of amidine groups is 1. The minimum atomic E-state index is -0.674. The third-order valence-corrected chi connectivity index (χ3v) is 8.20. The number of hydrogen-bond donors (Lipinski definition) is 0. The Kier molecular flexibility index (Phi) is 10.3. The Morgan fingerprint density at radius 3 is 2.00 bits per heavy atom. The predicted octanol–water partition coefficient (Wildman–Crippen LogP) is 9.48. The molecule has 3 aromatic rings. The van der Waals surface area contributed by atoms with Gasteiger partial charge in [0.1, 0.15) is 11.6 Å². The molecule has 42 heavy (non-hydrogen) atoms. The van der Waals surface area contributed by atoms with Gasteiger partial charge in [-0.1, -0.05) is 74.3 Å². The third-order valence-electron chi connectivity index (χ3n) is 7.69. The number of amides is 2. The van der Waals surface area contributed by atoms with Gasteiger partial charge in [0.05, 0.1) is 24.3 Å². The normalized spacial score (nSPS) is 14.6. The van der Waals surface area contributed by atoms with Crippen molar-refractivity contribution in [3.63, 3.8) is 0 Å². The molecule has 0 bridgehead atoms. The number of likely N-dealkylation sites (tertiary alicyclic amines) is 1. The van der Waals surface area contributed by atoms with Gasteiger partial charge in [-0.25, -0.2) is 4.79 Å². The molecule has 2 amide bonds. The summed E-state index contributed by atoms with van der Waals surface area (Å²) >= 11 is 12.5. The zero-order chi connectivity index (χ0) is 30.5. The van der Waals surface area contributed by atoms with Crippen LogP contribution < -0.4 is 4.74 Å². The molecule has 1 saturated heterocycles. The Bertz CT molecular complexity index is 1390. The Hall–Kier alpha value is -3.02. The van der Waals surface area contributed by atoms with Crippen molar-refractivity contribution in [2.75, 3.05) is 19.7 Å². The molecule has 4 rings (SSSR count). The van der Waals surface area contributed by atoms with Crippen molar-refractivity contribution in [3.05, 3.63) is 99.0 Å². The van der Waals surface area contributed by atoms with Crippen LogP contribution in [0, 0.1) is 0 Å². The Labute approximate surface area is 261 Å². The summed E-state index contributed by atoms with van der Waals surface area (Å²) in [7, 11) is 0. The van der Waals surface area contributed by atoms with Crippen molar-refractivity contribution in [1.82, 2.24) is 9.80 Å². The van der Waals surface area contributed by atoms with Gasteiger partial charge in [-0.3, -0.25) is 9.89 Å². The number of urea groups is 1. The van der Waals surface area contributed by atoms with Gasteiger partial charge in [0.15, 0.2) is 0 Å². The van der Waals surface area contributed by atoms with E-state index in [0.29, 0.717) is 34.8 Å². The van der Waals surface area contributed by atoms with E-state index in [4.69, 9.17) is 32.9 Å². The quantitative estimate of drug-likeness (QED) is 0.198. The highest BCUT2D eigenvalue weighted by Crippen LogP contribution is 2.34. The third kappa shape index (κ3) is 7.87. The van der Waals surface area contributed by atoms with Crippen LogP contribution in [0.4, 0.5) is 4.79 Å². The molecule has 0 aromatic heterocycles.